The minimum atomic E-state index is -0.611. The third-order valence-corrected chi connectivity index (χ3v) is 2.21. The first-order valence-corrected chi connectivity index (χ1v) is 5.27. The number of amides is 1. The van der Waals surface area contributed by atoms with Gasteiger partial charge in [0, 0.05) is 17.8 Å². The number of hydrogen-bond acceptors (Lipinski definition) is 2. The fourth-order valence-corrected chi connectivity index (χ4v) is 1.38. The Morgan fingerprint density at radius 1 is 1.62 bits per heavy atom. The molecular weight excluding hydrogens is 207 g/mol. The summed E-state index contributed by atoms with van der Waals surface area (Å²) in [5.41, 5.74) is 6.09. The molecule has 1 amide bonds. The molecule has 0 atom stereocenters. The molecule has 0 radical (unpaired) electrons. The van der Waals surface area contributed by atoms with E-state index in [2.05, 4.69) is 11.9 Å². The highest BCUT2D eigenvalue weighted by molar-refractivity contribution is 6.18. The number of primary amides is 1. The van der Waals surface area contributed by atoms with E-state index in [0.29, 0.717) is 11.1 Å². The van der Waals surface area contributed by atoms with E-state index in [1.807, 2.05) is 0 Å². The van der Waals surface area contributed by atoms with Crippen molar-refractivity contribution in [2.45, 2.75) is 26.2 Å². The van der Waals surface area contributed by atoms with Crippen LogP contribution < -0.4 is 5.73 Å². The maximum atomic E-state index is 12.9. The number of pyridine rings is 1. The molecule has 0 fully saturated rings. The fourth-order valence-electron chi connectivity index (χ4n) is 1.38. The van der Waals surface area contributed by atoms with E-state index in [1.54, 1.807) is 12.1 Å². The highest BCUT2D eigenvalue weighted by Gasteiger charge is 2.08. The number of allylic oxidation sites excluding steroid dienone is 1. The van der Waals surface area contributed by atoms with Crippen LogP contribution in [0.2, 0.25) is 0 Å². The first-order chi connectivity index (χ1) is 7.65. The quantitative estimate of drug-likeness (QED) is 0.472. The number of carbonyl (C=O) groups is 1. The van der Waals surface area contributed by atoms with E-state index in [-0.39, 0.29) is 0 Å². The van der Waals surface area contributed by atoms with E-state index in [4.69, 9.17) is 5.73 Å². The first-order valence-electron chi connectivity index (χ1n) is 5.27. The zero-order valence-corrected chi connectivity index (χ0v) is 9.24. The van der Waals surface area contributed by atoms with Crippen LogP contribution >= 0.6 is 0 Å². The number of unbranched alkanes of at least 4 members (excludes halogenated alkanes) is 2. The lowest BCUT2D eigenvalue weighted by Crippen LogP contribution is -2.13. The molecule has 3 nitrogen and oxygen atoms in total. The Bertz CT molecular complexity index is 402. The molecule has 0 unspecified atom stereocenters. The van der Waals surface area contributed by atoms with Gasteiger partial charge in [-0.15, -0.1) is 0 Å². The smallest absolute Gasteiger partial charge is 0.248 e. The van der Waals surface area contributed by atoms with Crippen molar-refractivity contribution in [1.82, 2.24) is 4.98 Å². The second-order valence-electron chi connectivity index (χ2n) is 3.49. The topological polar surface area (TPSA) is 56.0 Å². The average molecular weight is 222 g/mol. The van der Waals surface area contributed by atoms with Crippen LogP contribution in [0.1, 0.15) is 31.7 Å². The Morgan fingerprint density at radius 3 is 2.94 bits per heavy atom. The molecule has 1 aromatic rings. The molecule has 0 aliphatic rings. The van der Waals surface area contributed by atoms with Crippen LogP contribution in [-0.2, 0) is 4.79 Å². The number of hydrogen-bond donors (Lipinski definition) is 1. The molecule has 1 rings (SSSR count). The van der Waals surface area contributed by atoms with Crippen LogP contribution in [0.5, 0.6) is 0 Å². The highest BCUT2D eigenvalue weighted by Crippen LogP contribution is 2.15. The van der Waals surface area contributed by atoms with Gasteiger partial charge < -0.3 is 5.73 Å². The molecule has 16 heavy (non-hydrogen) atoms. The van der Waals surface area contributed by atoms with Gasteiger partial charge in [-0.1, -0.05) is 25.8 Å². The molecule has 4 heteroatoms. The summed E-state index contributed by atoms with van der Waals surface area (Å²) in [6.07, 6.45) is 5.85. The molecule has 0 aromatic carbocycles. The summed E-state index contributed by atoms with van der Waals surface area (Å²) >= 11 is 0. The van der Waals surface area contributed by atoms with Crippen LogP contribution in [-0.4, -0.2) is 10.9 Å². The van der Waals surface area contributed by atoms with Gasteiger partial charge in [0.15, 0.2) is 0 Å². The summed E-state index contributed by atoms with van der Waals surface area (Å²) in [6.45, 7) is 2.06. The van der Waals surface area contributed by atoms with Gasteiger partial charge in [0.2, 0.25) is 11.9 Å². The average Bonchev–Trinajstić information content (AvgIpc) is 2.24. The number of aromatic nitrogens is 1. The summed E-state index contributed by atoms with van der Waals surface area (Å²) in [6, 6.07) is 2.79. The Hall–Kier alpha value is -1.71. The lowest BCUT2D eigenvalue weighted by atomic mass is 10.0. The third kappa shape index (κ3) is 3.46. The normalized spacial score (nSPS) is 11.5. The summed E-state index contributed by atoms with van der Waals surface area (Å²) in [5, 5.41) is 0. The SMILES string of the molecule is CCCC/C=C(\C(N)=O)c1ccnc(F)c1. The third-order valence-electron chi connectivity index (χ3n) is 2.21. The van der Waals surface area contributed by atoms with Crippen molar-refractivity contribution in [2.24, 2.45) is 5.73 Å². The lowest BCUT2D eigenvalue weighted by Gasteiger charge is -2.03. The van der Waals surface area contributed by atoms with E-state index >= 15 is 0 Å². The fraction of sp³-hybridized carbons (Fsp3) is 0.333. The predicted molar refractivity (Wildman–Crippen MR) is 60.9 cm³/mol. The maximum absolute atomic E-state index is 12.9. The monoisotopic (exact) mass is 222 g/mol. The van der Waals surface area contributed by atoms with E-state index in [9.17, 15) is 9.18 Å². The van der Waals surface area contributed by atoms with Gasteiger partial charge in [-0.25, -0.2) is 4.98 Å². The molecule has 0 saturated carbocycles. The Balaban J connectivity index is 2.94. The van der Waals surface area contributed by atoms with Crippen molar-refractivity contribution in [3.05, 3.63) is 35.9 Å². The second kappa shape index (κ2) is 6.00. The molecule has 0 aliphatic heterocycles. The molecule has 0 aliphatic carbocycles. The van der Waals surface area contributed by atoms with Crippen molar-refractivity contribution in [3.8, 4) is 0 Å². The summed E-state index contributed by atoms with van der Waals surface area (Å²) in [5.74, 6) is -1.15. The van der Waals surface area contributed by atoms with Crippen molar-refractivity contribution in [3.63, 3.8) is 0 Å². The highest BCUT2D eigenvalue weighted by atomic mass is 19.1. The molecule has 86 valence electrons. The van der Waals surface area contributed by atoms with Gasteiger partial charge in [0.25, 0.3) is 0 Å². The molecule has 1 aromatic heterocycles. The zero-order valence-electron chi connectivity index (χ0n) is 9.24. The summed E-state index contributed by atoms with van der Waals surface area (Å²) in [4.78, 5) is 14.6. The van der Waals surface area contributed by atoms with Crippen LogP contribution in [0, 0.1) is 5.95 Å². The van der Waals surface area contributed by atoms with Gasteiger partial charge in [-0.05, 0) is 18.1 Å². The maximum Gasteiger partial charge on any atom is 0.248 e. The van der Waals surface area contributed by atoms with E-state index in [0.717, 1.165) is 19.3 Å². The van der Waals surface area contributed by atoms with Gasteiger partial charge in [0.05, 0.1) is 0 Å². The second-order valence-corrected chi connectivity index (χ2v) is 3.49. The van der Waals surface area contributed by atoms with Crippen LogP contribution in [0.3, 0.4) is 0 Å². The van der Waals surface area contributed by atoms with Crippen molar-refractivity contribution in [2.75, 3.05) is 0 Å². The minimum Gasteiger partial charge on any atom is -0.366 e. The van der Waals surface area contributed by atoms with E-state index in [1.165, 1.54) is 12.3 Å². The van der Waals surface area contributed by atoms with Crippen LogP contribution in [0.4, 0.5) is 4.39 Å². The van der Waals surface area contributed by atoms with Crippen molar-refractivity contribution in [1.29, 1.82) is 0 Å². The standard InChI is InChI=1S/C12H15FN2O/c1-2-3-4-5-10(12(14)16)9-6-7-15-11(13)8-9/h5-8H,2-4H2,1H3,(H2,14,16)/b10-5-. The molecule has 2 N–H and O–H groups in total. The minimum absolute atomic E-state index is 0.356. The zero-order chi connectivity index (χ0) is 12.0. The van der Waals surface area contributed by atoms with Gasteiger partial charge >= 0.3 is 0 Å². The Kier molecular flexibility index (Phi) is 4.64. The number of nitrogens with two attached hydrogens (primary N) is 1. The van der Waals surface area contributed by atoms with Gasteiger partial charge in [-0.2, -0.15) is 4.39 Å². The number of carbonyl (C=O) groups excluding carboxylic acids is 1. The lowest BCUT2D eigenvalue weighted by molar-refractivity contribution is -0.112. The van der Waals surface area contributed by atoms with Gasteiger partial charge in [-0.3, -0.25) is 4.79 Å². The molecular formula is C12H15FN2O. The Morgan fingerprint density at radius 2 is 2.38 bits per heavy atom. The molecule has 0 spiro atoms. The van der Waals surface area contributed by atoms with Crippen molar-refractivity contribution < 1.29 is 9.18 Å². The number of halogens is 1. The van der Waals surface area contributed by atoms with Crippen LogP contribution in [0.25, 0.3) is 5.57 Å². The Labute approximate surface area is 94.2 Å². The van der Waals surface area contributed by atoms with E-state index < -0.39 is 11.9 Å². The summed E-state index contributed by atoms with van der Waals surface area (Å²) in [7, 11) is 0. The molecule has 0 saturated heterocycles. The van der Waals surface area contributed by atoms with Gasteiger partial charge in [0.1, 0.15) is 0 Å². The number of rotatable bonds is 5. The summed E-state index contributed by atoms with van der Waals surface area (Å²) < 4.78 is 12.9. The molecule has 0 bridgehead atoms. The number of nitrogens with zero attached hydrogens (tertiary/aromatic N) is 1. The van der Waals surface area contributed by atoms with Crippen LogP contribution in [0.15, 0.2) is 24.4 Å². The predicted octanol–water partition coefficient (Wildman–Crippen LogP) is 2.28. The molecule has 1 heterocycles. The largest absolute Gasteiger partial charge is 0.366 e. The van der Waals surface area contributed by atoms with Crippen molar-refractivity contribution >= 4 is 11.5 Å². The first kappa shape index (κ1) is 12.4.